The lowest BCUT2D eigenvalue weighted by molar-refractivity contribution is 0.377. The van der Waals surface area contributed by atoms with Crippen LogP contribution in [-0.4, -0.2) is 14.8 Å². The van der Waals surface area contributed by atoms with E-state index in [4.69, 9.17) is 10.5 Å². The van der Waals surface area contributed by atoms with Gasteiger partial charge in [0.25, 0.3) is 0 Å². The van der Waals surface area contributed by atoms with Gasteiger partial charge >= 0.3 is 0 Å². The van der Waals surface area contributed by atoms with Crippen LogP contribution in [0.1, 0.15) is 17.2 Å². The molecule has 0 bridgehead atoms. The van der Waals surface area contributed by atoms with Crippen LogP contribution in [0, 0.1) is 11.3 Å². The predicted molar refractivity (Wildman–Crippen MR) is 88.7 cm³/mol. The molecule has 6 nitrogen and oxygen atoms in total. The quantitative estimate of drug-likeness (QED) is 0.760. The lowest BCUT2D eigenvalue weighted by atomic mass is 9.86. The van der Waals surface area contributed by atoms with Gasteiger partial charge in [-0.1, -0.05) is 30.3 Å². The summed E-state index contributed by atoms with van der Waals surface area (Å²) in [6.07, 6.45) is 1.94. The second-order valence-electron chi connectivity index (χ2n) is 5.65. The molecule has 0 fully saturated rings. The summed E-state index contributed by atoms with van der Waals surface area (Å²) in [4.78, 5) is 0. The van der Waals surface area contributed by atoms with Crippen molar-refractivity contribution in [2.75, 3.05) is 0 Å². The van der Waals surface area contributed by atoms with Gasteiger partial charge < -0.3 is 15.0 Å². The van der Waals surface area contributed by atoms with Crippen LogP contribution in [0.2, 0.25) is 0 Å². The van der Waals surface area contributed by atoms with Crippen LogP contribution in [0.3, 0.4) is 0 Å². The lowest BCUT2D eigenvalue weighted by Gasteiger charge is -2.24. The number of ether oxygens (including phenoxy) is 1. The van der Waals surface area contributed by atoms with E-state index in [1.807, 2.05) is 60.3 Å². The number of nitrogens with one attached hydrogen (secondary N) is 1. The Morgan fingerprint density at radius 2 is 2.04 bits per heavy atom. The first-order valence-corrected chi connectivity index (χ1v) is 7.53. The molecule has 0 saturated carbocycles. The van der Waals surface area contributed by atoms with Crippen LogP contribution in [0.25, 0.3) is 11.3 Å². The summed E-state index contributed by atoms with van der Waals surface area (Å²) >= 11 is 0. The Bertz CT molecular complexity index is 975. The molecule has 118 valence electrons. The van der Waals surface area contributed by atoms with E-state index in [2.05, 4.69) is 16.3 Å². The van der Waals surface area contributed by atoms with E-state index >= 15 is 0 Å². The van der Waals surface area contributed by atoms with Gasteiger partial charge in [0.1, 0.15) is 11.6 Å². The highest BCUT2D eigenvalue weighted by Gasteiger charge is 2.36. The van der Waals surface area contributed by atoms with E-state index in [1.165, 1.54) is 0 Å². The Kier molecular flexibility index (Phi) is 3.14. The number of aromatic amines is 1. The van der Waals surface area contributed by atoms with Crippen LogP contribution >= 0.6 is 0 Å². The molecule has 4 rings (SSSR count). The molecule has 6 heteroatoms. The fourth-order valence-corrected chi connectivity index (χ4v) is 3.14. The monoisotopic (exact) mass is 317 g/mol. The van der Waals surface area contributed by atoms with Crippen molar-refractivity contribution in [3.05, 3.63) is 71.4 Å². The number of benzene rings is 1. The minimum Gasteiger partial charge on any atom is -0.420 e. The number of H-pyrrole nitrogens is 1. The molecule has 24 heavy (non-hydrogen) atoms. The average molecular weight is 317 g/mol. The van der Waals surface area contributed by atoms with E-state index in [9.17, 15) is 5.26 Å². The SMILES string of the molecule is Cn1cccc1[C@H]1C(C#N)=C(N)Oc2n[nH]c(-c3ccccc3)c21. The molecule has 0 unspecified atom stereocenters. The minimum absolute atomic E-state index is 0.0994. The van der Waals surface area contributed by atoms with Crippen molar-refractivity contribution in [1.29, 1.82) is 5.26 Å². The Morgan fingerprint density at radius 1 is 1.25 bits per heavy atom. The first-order valence-electron chi connectivity index (χ1n) is 7.53. The van der Waals surface area contributed by atoms with Crippen molar-refractivity contribution in [2.45, 2.75) is 5.92 Å². The third-order valence-corrected chi connectivity index (χ3v) is 4.28. The predicted octanol–water partition coefficient (Wildman–Crippen LogP) is 2.63. The van der Waals surface area contributed by atoms with Crippen molar-refractivity contribution < 1.29 is 4.74 Å². The topological polar surface area (TPSA) is 92.7 Å². The summed E-state index contributed by atoms with van der Waals surface area (Å²) < 4.78 is 7.57. The van der Waals surface area contributed by atoms with E-state index in [0.29, 0.717) is 11.5 Å². The maximum Gasteiger partial charge on any atom is 0.244 e. The molecule has 3 heterocycles. The maximum absolute atomic E-state index is 9.64. The molecule has 1 aliphatic heterocycles. The zero-order valence-corrected chi connectivity index (χ0v) is 13.0. The molecule has 2 aromatic heterocycles. The van der Waals surface area contributed by atoms with Crippen LogP contribution in [0.15, 0.2) is 60.1 Å². The highest BCUT2D eigenvalue weighted by atomic mass is 16.5. The van der Waals surface area contributed by atoms with Gasteiger partial charge in [0.05, 0.1) is 17.2 Å². The first-order chi connectivity index (χ1) is 11.7. The molecular weight excluding hydrogens is 302 g/mol. The second-order valence-corrected chi connectivity index (χ2v) is 5.65. The minimum atomic E-state index is -0.326. The van der Waals surface area contributed by atoms with Gasteiger partial charge in [-0.3, -0.25) is 5.10 Å². The third-order valence-electron chi connectivity index (χ3n) is 4.28. The Morgan fingerprint density at radius 3 is 2.71 bits per heavy atom. The summed E-state index contributed by atoms with van der Waals surface area (Å²) in [5.74, 6) is 0.187. The highest BCUT2D eigenvalue weighted by Crippen LogP contribution is 2.45. The number of allylic oxidation sites excluding steroid dienone is 1. The fraction of sp³-hybridized carbons (Fsp3) is 0.111. The Hall–Kier alpha value is -3.46. The molecule has 0 amide bonds. The lowest BCUT2D eigenvalue weighted by Crippen LogP contribution is -2.22. The highest BCUT2D eigenvalue weighted by molar-refractivity contribution is 5.70. The first kappa shape index (κ1) is 14.2. The van der Waals surface area contributed by atoms with Crippen LogP contribution in [-0.2, 0) is 7.05 Å². The molecule has 3 N–H and O–H groups in total. The summed E-state index contributed by atoms with van der Waals surface area (Å²) in [5, 5.41) is 16.9. The number of aromatic nitrogens is 3. The maximum atomic E-state index is 9.64. The standard InChI is InChI=1S/C18H15N5O/c1-23-9-5-8-13(23)14-12(10-19)17(20)24-18-15(14)16(21-22-18)11-6-3-2-4-7-11/h2-9,14H,20H2,1H3,(H,21,22)/t14-/m1/s1. The molecule has 0 spiro atoms. The van der Waals surface area contributed by atoms with Crippen LogP contribution in [0.4, 0.5) is 0 Å². The zero-order valence-electron chi connectivity index (χ0n) is 13.0. The van der Waals surface area contributed by atoms with E-state index in [1.54, 1.807) is 0 Å². The van der Waals surface area contributed by atoms with Crippen LogP contribution < -0.4 is 10.5 Å². The van der Waals surface area contributed by atoms with Gasteiger partial charge in [-0.05, 0) is 17.7 Å². The number of hydrogen-bond donors (Lipinski definition) is 2. The number of nitrogens with zero attached hydrogens (tertiary/aromatic N) is 3. The normalized spacial score (nSPS) is 16.4. The molecular formula is C18H15N5O. The average Bonchev–Trinajstić information content (AvgIpc) is 3.20. The van der Waals surface area contributed by atoms with E-state index in [0.717, 1.165) is 22.5 Å². The van der Waals surface area contributed by atoms with Gasteiger partial charge in [0.2, 0.25) is 11.8 Å². The molecule has 1 aromatic carbocycles. The molecule has 0 saturated heterocycles. The van der Waals surface area contributed by atoms with E-state index in [-0.39, 0.29) is 11.8 Å². The van der Waals surface area contributed by atoms with Crippen molar-refractivity contribution in [3.8, 4) is 23.2 Å². The number of hydrogen-bond acceptors (Lipinski definition) is 4. The zero-order chi connectivity index (χ0) is 16.7. The van der Waals surface area contributed by atoms with Crippen molar-refractivity contribution >= 4 is 0 Å². The van der Waals surface area contributed by atoms with Gasteiger partial charge in [-0.25, -0.2) is 0 Å². The second kappa shape index (κ2) is 5.32. The Labute approximate surface area is 138 Å². The molecule has 1 atom stereocenters. The summed E-state index contributed by atoms with van der Waals surface area (Å²) in [6, 6.07) is 16.0. The summed E-state index contributed by atoms with van der Waals surface area (Å²) in [5.41, 5.74) is 9.95. The molecule has 3 aromatic rings. The van der Waals surface area contributed by atoms with Gasteiger partial charge in [0, 0.05) is 18.9 Å². The number of fused-ring (bicyclic) bond motifs is 1. The molecule has 0 aliphatic carbocycles. The largest absolute Gasteiger partial charge is 0.420 e. The number of aryl methyl sites for hydroxylation is 1. The van der Waals surface area contributed by atoms with Crippen molar-refractivity contribution in [3.63, 3.8) is 0 Å². The summed E-state index contributed by atoms with van der Waals surface area (Å²) in [7, 11) is 1.94. The van der Waals surface area contributed by atoms with E-state index < -0.39 is 0 Å². The summed E-state index contributed by atoms with van der Waals surface area (Å²) in [6.45, 7) is 0. The van der Waals surface area contributed by atoms with Gasteiger partial charge in [-0.2, -0.15) is 5.26 Å². The number of nitriles is 1. The molecule has 0 radical (unpaired) electrons. The van der Waals surface area contributed by atoms with Crippen molar-refractivity contribution in [1.82, 2.24) is 14.8 Å². The number of rotatable bonds is 2. The molecule has 1 aliphatic rings. The number of nitrogens with two attached hydrogens (primary N) is 1. The van der Waals surface area contributed by atoms with Crippen molar-refractivity contribution in [2.24, 2.45) is 12.8 Å². The van der Waals surface area contributed by atoms with Gasteiger partial charge in [0.15, 0.2) is 0 Å². The third kappa shape index (κ3) is 1.99. The van der Waals surface area contributed by atoms with Crippen LogP contribution in [0.5, 0.6) is 5.88 Å². The smallest absolute Gasteiger partial charge is 0.244 e. The Balaban J connectivity index is 1.98. The fourth-order valence-electron chi connectivity index (χ4n) is 3.14. The van der Waals surface area contributed by atoms with Gasteiger partial charge in [-0.15, -0.1) is 5.10 Å².